The van der Waals surface area contributed by atoms with E-state index >= 15 is 0 Å². The van der Waals surface area contributed by atoms with Gasteiger partial charge in [0, 0.05) is 189 Å². The van der Waals surface area contributed by atoms with E-state index in [2.05, 4.69) is 0 Å². The molecule has 0 spiro atoms. The molecule has 12 aromatic carbocycles. The van der Waals surface area contributed by atoms with Crippen LogP contribution >= 0.6 is 34.8 Å². The molecule has 0 aliphatic heterocycles. The van der Waals surface area contributed by atoms with Crippen LogP contribution in [0.1, 0.15) is 199 Å². The Bertz CT molecular complexity index is 6910. The number of carbonyl (C=O) groups excluding carboxylic acids is 12. The summed E-state index contributed by atoms with van der Waals surface area (Å²) in [5.41, 5.74) is 15.2. The number of nitrogens with one attached hydrogen (secondary N) is 1. The highest BCUT2D eigenvalue weighted by Gasteiger charge is 2.35. The maximum Gasteiger partial charge on any atom is 0.277 e. The van der Waals surface area contributed by atoms with Gasteiger partial charge < -0.3 is 5.48 Å². The lowest BCUT2D eigenvalue weighted by molar-refractivity contribution is -0.381. The van der Waals surface area contributed by atoms with Gasteiger partial charge in [0.25, 0.3) is 17.5 Å². The van der Waals surface area contributed by atoms with E-state index in [1.54, 1.807) is 158 Å². The fourth-order valence-electron chi connectivity index (χ4n) is 15.6. The minimum atomic E-state index is -3.21. The molecule has 0 aromatic heterocycles. The molecular formula is C109H80Cl3F4NO14. The van der Waals surface area contributed by atoms with E-state index in [0.717, 1.165) is 40.3 Å². The van der Waals surface area contributed by atoms with Crippen molar-refractivity contribution < 1.29 is 85.7 Å². The molecule has 0 heterocycles. The summed E-state index contributed by atoms with van der Waals surface area (Å²) in [5.74, 6) is -8.05. The first kappa shape index (κ1) is 95.4. The molecule has 0 saturated carbocycles. The quantitative estimate of drug-likeness (QED) is 0.0936. The average molecular weight is 1810 g/mol. The van der Waals surface area contributed by atoms with Crippen molar-refractivity contribution >= 4 is 110 Å². The SMILES string of the molecule is CC(F)(F)c1cc(CC2=CC(=O)c3ccccc3C2=O)ccc1Cl.CC(F)(F)c1cc(CC2=CC(=O)c3ccccc3C2=O)ccc1[NH+]=O.Cc1cc(Cl)cc(CC2=CC(=O)c3ccccc3C2=O)c1.Cc1ccc(CC2=CC(=O)c3ccccc3C2=O)cc1.Cc1cccc(CC2=CC(=O)c3ccccc3C2=O)c1.O=C1C=C(Cc2ccccc2Cl)C(=O)c2ccccc21.[OH-]. The van der Waals surface area contributed by atoms with Crippen molar-refractivity contribution in [2.45, 2.75) is 85.0 Å². The van der Waals surface area contributed by atoms with E-state index in [-0.39, 0.29) is 115 Å². The van der Waals surface area contributed by atoms with Gasteiger partial charge in [-0.05, 0) is 133 Å². The summed E-state index contributed by atoms with van der Waals surface area (Å²) in [5, 5.41) is 2.71. The number of hydrogen-bond donors (Lipinski definition) is 1. The van der Waals surface area contributed by atoms with Gasteiger partial charge in [-0.15, -0.1) is 0 Å². The summed E-state index contributed by atoms with van der Waals surface area (Å²) >= 11 is 18.0. The zero-order valence-electron chi connectivity index (χ0n) is 71.1. The van der Waals surface area contributed by atoms with Crippen LogP contribution in [-0.4, -0.2) is 74.9 Å². The minimum absolute atomic E-state index is 0. The molecule has 0 amide bonds. The van der Waals surface area contributed by atoms with Crippen LogP contribution in [0.15, 0.2) is 343 Å². The van der Waals surface area contributed by atoms with E-state index in [4.69, 9.17) is 34.8 Å². The number of benzene rings is 12. The minimum Gasteiger partial charge on any atom is -0.870 e. The maximum absolute atomic E-state index is 13.7. The van der Waals surface area contributed by atoms with Gasteiger partial charge in [0.1, 0.15) is 0 Å². The molecule has 15 nitrogen and oxygen atoms in total. The van der Waals surface area contributed by atoms with Gasteiger partial charge in [-0.25, -0.2) is 17.6 Å². The number of rotatable bonds is 15. The van der Waals surface area contributed by atoms with Gasteiger partial charge in [0.2, 0.25) is 0 Å². The van der Waals surface area contributed by atoms with Crippen molar-refractivity contribution in [2.75, 3.05) is 0 Å². The van der Waals surface area contributed by atoms with Crippen LogP contribution in [0.3, 0.4) is 0 Å². The predicted molar refractivity (Wildman–Crippen MR) is 494 cm³/mol. The monoisotopic (exact) mass is 1810 g/mol. The third kappa shape index (κ3) is 22.9. The molecule has 0 bridgehead atoms. The fourth-order valence-corrected chi connectivity index (χ4v) is 16.4. The first-order valence-electron chi connectivity index (χ1n) is 41.1. The van der Waals surface area contributed by atoms with E-state index in [1.165, 1.54) is 77.5 Å². The summed E-state index contributed by atoms with van der Waals surface area (Å²) in [4.78, 5) is 158. The van der Waals surface area contributed by atoms with Gasteiger partial charge >= 0.3 is 0 Å². The van der Waals surface area contributed by atoms with Gasteiger partial charge in [-0.2, -0.15) is 0 Å². The first-order valence-corrected chi connectivity index (χ1v) is 42.2. The normalized spacial score (nSPS) is 14.0. The number of ketones is 12. The van der Waals surface area contributed by atoms with E-state index in [0.29, 0.717) is 143 Å². The number of halogens is 7. The Kier molecular flexibility index (Phi) is 30.3. The Morgan fingerprint density at radius 3 is 0.885 bits per heavy atom. The largest absolute Gasteiger partial charge is 0.870 e. The summed E-state index contributed by atoms with van der Waals surface area (Å²) in [6, 6.07) is 78.0. The predicted octanol–water partition coefficient (Wildman–Crippen LogP) is 22.8. The van der Waals surface area contributed by atoms with Crippen LogP contribution in [-0.2, 0) is 50.4 Å². The molecule has 0 unspecified atom stereocenters. The molecule has 22 heteroatoms. The van der Waals surface area contributed by atoms with E-state index < -0.39 is 17.4 Å². The van der Waals surface area contributed by atoms with Crippen LogP contribution in [0.25, 0.3) is 0 Å². The maximum atomic E-state index is 13.7. The second-order valence-corrected chi connectivity index (χ2v) is 33.0. The molecule has 0 atom stereocenters. The van der Waals surface area contributed by atoms with Gasteiger partial charge in [0.15, 0.2) is 69.4 Å². The van der Waals surface area contributed by atoms with Gasteiger partial charge in [0.05, 0.1) is 5.56 Å². The number of Topliss-reactive ketones (excluding diaryl/α,β-unsaturated/α-hetero) is 6. The average Bonchev–Trinajstić information content (AvgIpc) is 0.800. The lowest BCUT2D eigenvalue weighted by Gasteiger charge is -2.17. The highest BCUT2D eigenvalue weighted by molar-refractivity contribution is 6.33. The van der Waals surface area contributed by atoms with Crippen molar-refractivity contribution in [3.63, 3.8) is 0 Å². The molecule has 2 N–H and O–H groups in total. The number of fused-ring (bicyclic) bond motifs is 6. The third-order valence-electron chi connectivity index (χ3n) is 22.0. The summed E-state index contributed by atoms with van der Waals surface area (Å²) in [7, 11) is 0. The Morgan fingerprint density at radius 2 is 0.550 bits per heavy atom. The molecule has 12 aromatic rings. The Labute approximate surface area is 766 Å². The highest BCUT2D eigenvalue weighted by Crippen LogP contribution is 2.38. The molecule has 654 valence electrons. The molecule has 0 radical (unpaired) electrons. The lowest BCUT2D eigenvalue weighted by atomic mass is 9.86. The molecule has 6 aliphatic carbocycles. The fraction of sp³-hybridized carbons (Fsp3) is 0.119. The Morgan fingerprint density at radius 1 is 0.260 bits per heavy atom. The third-order valence-corrected chi connectivity index (χ3v) is 22.9. The molecule has 6 aliphatic rings. The number of nitroso groups, excluding NO2 is 1. The van der Waals surface area contributed by atoms with Crippen LogP contribution in [0.4, 0.5) is 23.2 Å². The van der Waals surface area contributed by atoms with Crippen molar-refractivity contribution in [2.24, 2.45) is 0 Å². The first-order chi connectivity index (χ1) is 62.1. The zero-order valence-corrected chi connectivity index (χ0v) is 73.4. The second-order valence-electron chi connectivity index (χ2n) is 31.8. The Hall–Kier alpha value is -14.7. The van der Waals surface area contributed by atoms with Crippen LogP contribution < -0.4 is 5.18 Å². The topological polar surface area (TPSA) is 266 Å². The molecular weight excluding hydrogens is 1730 g/mol. The van der Waals surface area contributed by atoms with Crippen LogP contribution in [0.2, 0.25) is 15.1 Å². The highest BCUT2D eigenvalue weighted by atomic mass is 35.5. The van der Waals surface area contributed by atoms with Crippen LogP contribution in [0.5, 0.6) is 0 Å². The van der Waals surface area contributed by atoms with Crippen molar-refractivity contribution in [3.8, 4) is 0 Å². The number of aryl methyl sites for hydroxylation is 3. The Balaban J connectivity index is 0.000000142. The summed E-state index contributed by atoms with van der Waals surface area (Å²) in [6.45, 7) is 7.45. The summed E-state index contributed by atoms with van der Waals surface area (Å²) < 4.78 is 54.5. The van der Waals surface area contributed by atoms with Crippen molar-refractivity contribution in [1.82, 2.24) is 0 Å². The van der Waals surface area contributed by atoms with Crippen LogP contribution in [0, 0.1) is 25.7 Å². The van der Waals surface area contributed by atoms with Gasteiger partial charge in [-0.3, -0.25) is 57.5 Å². The smallest absolute Gasteiger partial charge is 0.277 e. The standard InChI is InChI=1S/C19H13ClF2O2.C19H13F2NO3.C18H13ClO2.2C18H14O2.C17H11ClO2.H2O/c1-19(21,22)15-9-11(6-7-16(15)20)8-12-10-17(23)13-4-2-3-5-14(13)18(12)24;1-19(20,21)15-9-11(6-7-16(15)22-25)8-12-10-17(23)13-4-2-3-5-14(13)18(12)24;1-11-6-12(9-14(19)7-11)8-13-10-17(20)15-4-2-3-5-16(15)18(13)21;1-12-5-4-6-13(9-12)10-14-11-17(19)15-7-2-3-8-16(15)18(14)20;1-12-6-8-13(9-7-12)10-14-11-17(19)15-4-2-3-5-16(15)18(14)20;18-15-8-4-1-5-11(15)9-12-10-16(19)13-6-2-3-7-14(13)17(12)20;/h2-7,9-10H,8H2,1H3;2-7,9-10H,8H2,1H3;2-7,9-10H,8H2,1H3;2*2-9,11H,10H2,1H3;1-8,10H,9H2;1H2. The number of hydrogen-bond acceptors (Lipinski definition) is 14. The lowest BCUT2D eigenvalue weighted by Crippen LogP contribution is -2.57. The van der Waals surface area contributed by atoms with Gasteiger partial charge in [-0.1, -0.05) is 276 Å². The molecule has 18 rings (SSSR count). The number of alkyl halides is 4. The van der Waals surface area contributed by atoms with Crippen molar-refractivity contribution in [3.05, 3.63) is 491 Å². The van der Waals surface area contributed by atoms with Crippen molar-refractivity contribution in [1.29, 1.82) is 0 Å². The molecule has 131 heavy (non-hydrogen) atoms. The molecule has 0 saturated heterocycles. The summed E-state index contributed by atoms with van der Waals surface area (Å²) in [6.07, 6.45) is 10.3. The number of allylic oxidation sites excluding steroid dienone is 12. The second kappa shape index (κ2) is 41.6. The molecule has 0 fully saturated rings. The van der Waals surface area contributed by atoms with E-state index in [9.17, 15) is 80.0 Å². The zero-order chi connectivity index (χ0) is 93.0. The number of carbonyl (C=O) groups is 12. The van der Waals surface area contributed by atoms with E-state index in [1.807, 2.05) is 106 Å².